The number of nitrogens with zero attached hydrogens (tertiary/aromatic N) is 2. The quantitative estimate of drug-likeness (QED) is 0.853. The first-order valence-electron chi connectivity index (χ1n) is 6.89. The van der Waals surface area contributed by atoms with Gasteiger partial charge in [0.05, 0.1) is 5.56 Å². The topological polar surface area (TPSA) is 23.6 Å². The number of carbonyl (C=O) groups excluding carboxylic acids is 1. The van der Waals surface area contributed by atoms with Crippen LogP contribution < -0.4 is 0 Å². The first-order valence-corrected chi connectivity index (χ1v) is 7.69. The molecule has 1 fully saturated rings. The monoisotopic (exact) mass is 324 g/mol. The Morgan fingerprint density at radius 1 is 1.26 bits per heavy atom. The first kappa shape index (κ1) is 14.5. The molecule has 0 saturated carbocycles. The van der Waals surface area contributed by atoms with Gasteiger partial charge >= 0.3 is 0 Å². The number of carbonyl (C=O) groups is 1. The summed E-state index contributed by atoms with van der Waals surface area (Å²) in [5.74, 6) is 0.145. The Morgan fingerprint density at radius 3 is 2.58 bits per heavy atom. The molecule has 0 aliphatic carbocycles. The zero-order valence-electron chi connectivity index (χ0n) is 11.7. The summed E-state index contributed by atoms with van der Waals surface area (Å²) in [5, 5.41) is 0. The second-order valence-corrected chi connectivity index (χ2v) is 5.97. The third kappa shape index (κ3) is 3.57. The molecule has 0 bridgehead atoms. The lowest BCUT2D eigenvalue weighted by molar-refractivity contribution is 0.0636. The molecule has 1 saturated heterocycles. The summed E-state index contributed by atoms with van der Waals surface area (Å²) in [4.78, 5) is 16.9. The molecule has 1 aliphatic rings. The van der Waals surface area contributed by atoms with Crippen LogP contribution in [-0.2, 0) is 0 Å². The van der Waals surface area contributed by atoms with Gasteiger partial charge in [-0.2, -0.15) is 0 Å². The van der Waals surface area contributed by atoms with Gasteiger partial charge in [0.25, 0.3) is 5.91 Å². The van der Waals surface area contributed by atoms with Gasteiger partial charge in [0.1, 0.15) is 0 Å². The van der Waals surface area contributed by atoms with Crippen LogP contribution in [0.1, 0.15) is 29.3 Å². The molecule has 1 amide bonds. The zero-order valence-corrected chi connectivity index (χ0v) is 13.2. The molecule has 0 N–H and O–H groups in total. The van der Waals surface area contributed by atoms with Crippen molar-refractivity contribution in [1.29, 1.82) is 0 Å². The van der Waals surface area contributed by atoms with Crippen molar-refractivity contribution < 1.29 is 4.79 Å². The van der Waals surface area contributed by atoms with Crippen molar-refractivity contribution in [2.45, 2.75) is 20.3 Å². The fourth-order valence-electron chi connectivity index (χ4n) is 2.46. The van der Waals surface area contributed by atoms with Crippen molar-refractivity contribution in [3.8, 4) is 0 Å². The van der Waals surface area contributed by atoms with Crippen molar-refractivity contribution >= 4 is 21.8 Å². The fourth-order valence-corrected chi connectivity index (χ4v) is 2.88. The van der Waals surface area contributed by atoms with Gasteiger partial charge in [-0.25, -0.2) is 0 Å². The molecule has 19 heavy (non-hydrogen) atoms. The van der Waals surface area contributed by atoms with Gasteiger partial charge in [0.2, 0.25) is 0 Å². The molecule has 2 rings (SSSR count). The van der Waals surface area contributed by atoms with Crippen LogP contribution in [0.4, 0.5) is 0 Å². The zero-order chi connectivity index (χ0) is 13.8. The summed E-state index contributed by atoms with van der Waals surface area (Å²) in [6.45, 7) is 8.99. The Balaban J connectivity index is 2.03. The molecule has 0 spiro atoms. The predicted octanol–water partition coefficient (Wildman–Crippen LogP) is 2.93. The maximum Gasteiger partial charge on any atom is 0.255 e. The lowest BCUT2D eigenvalue weighted by atomic mass is 10.1. The van der Waals surface area contributed by atoms with E-state index in [0.29, 0.717) is 0 Å². The van der Waals surface area contributed by atoms with E-state index in [1.54, 1.807) is 0 Å². The van der Waals surface area contributed by atoms with Crippen LogP contribution in [0.3, 0.4) is 0 Å². The van der Waals surface area contributed by atoms with Crippen molar-refractivity contribution in [3.05, 3.63) is 33.8 Å². The molecule has 0 unspecified atom stereocenters. The summed E-state index contributed by atoms with van der Waals surface area (Å²) in [7, 11) is 0. The van der Waals surface area contributed by atoms with Crippen LogP contribution in [0.5, 0.6) is 0 Å². The molecule has 1 aliphatic heterocycles. The number of amides is 1. The van der Waals surface area contributed by atoms with Gasteiger partial charge in [0, 0.05) is 30.7 Å². The molecule has 1 aromatic carbocycles. The molecule has 1 aromatic rings. The average Bonchev–Trinajstić information content (AvgIpc) is 2.42. The third-order valence-corrected chi connectivity index (χ3v) is 4.24. The van der Waals surface area contributed by atoms with Crippen molar-refractivity contribution in [3.63, 3.8) is 0 Å². The van der Waals surface area contributed by atoms with Gasteiger partial charge in [0.15, 0.2) is 0 Å². The molecular weight excluding hydrogens is 304 g/mol. The normalized spacial score (nSPS) is 16.7. The van der Waals surface area contributed by atoms with E-state index in [9.17, 15) is 4.79 Å². The second kappa shape index (κ2) is 6.53. The van der Waals surface area contributed by atoms with E-state index in [1.807, 2.05) is 30.0 Å². The molecule has 1 heterocycles. The molecule has 4 heteroatoms. The lowest BCUT2D eigenvalue weighted by Crippen LogP contribution is -2.48. The second-order valence-electron chi connectivity index (χ2n) is 5.12. The van der Waals surface area contributed by atoms with Crippen LogP contribution in [0.15, 0.2) is 22.7 Å². The fraction of sp³-hybridized carbons (Fsp3) is 0.533. The van der Waals surface area contributed by atoms with E-state index in [-0.39, 0.29) is 5.91 Å². The van der Waals surface area contributed by atoms with Gasteiger partial charge in [-0.3, -0.25) is 9.69 Å². The lowest BCUT2D eigenvalue weighted by Gasteiger charge is -2.34. The molecule has 3 nitrogen and oxygen atoms in total. The average molecular weight is 325 g/mol. The highest BCUT2D eigenvalue weighted by atomic mass is 79.9. The first-order chi connectivity index (χ1) is 9.11. The predicted molar refractivity (Wildman–Crippen MR) is 81.5 cm³/mol. The van der Waals surface area contributed by atoms with Crippen molar-refractivity contribution in [2.75, 3.05) is 32.7 Å². The van der Waals surface area contributed by atoms with Gasteiger partial charge in [-0.15, -0.1) is 0 Å². The van der Waals surface area contributed by atoms with Crippen LogP contribution in [0.25, 0.3) is 0 Å². The number of benzene rings is 1. The van der Waals surface area contributed by atoms with E-state index in [4.69, 9.17) is 0 Å². The molecule has 0 radical (unpaired) electrons. The van der Waals surface area contributed by atoms with E-state index in [2.05, 4.69) is 27.8 Å². The third-order valence-electron chi connectivity index (χ3n) is 3.55. The van der Waals surface area contributed by atoms with Crippen molar-refractivity contribution in [2.24, 2.45) is 0 Å². The standard InChI is InChI=1S/C15H21BrN2O/c1-3-6-17-7-9-18(10-8-17)15(19)13-11-12(2)4-5-14(13)16/h4-5,11H,3,6-10H2,1-2H3. The summed E-state index contributed by atoms with van der Waals surface area (Å²) < 4.78 is 0.888. The van der Waals surface area contributed by atoms with Gasteiger partial charge in [-0.05, 0) is 48.0 Å². The van der Waals surface area contributed by atoms with Gasteiger partial charge in [-0.1, -0.05) is 18.6 Å². The summed E-state index contributed by atoms with van der Waals surface area (Å²) in [5.41, 5.74) is 1.90. The Kier molecular flexibility index (Phi) is 4.99. The highest BCUT2D eigenvalue weighted by Gasteiger charge is 2.22. The van der Waals surface area contributed by atoms with Crippen LogP contribution in [0, 0.1) is 6.92 Å². The highest BCUT2D eigenvalue weighted by Crippen LogP contribution is 2.20. The van der Waals surface area contributed by atoms with E-state index in [0.717, 1.165) is 48.3 Å². The van der Waals surface area contributed by atoms with E-state index in [1.165, 1.54) is 6.42 Å². The largest absolute Gasteiger partial charge is 0.336 e. The van der Waals surface area contributed by atoms with Crippen LogP contribution in [0.2, 0.25) is 0 Å². The van der Waals surface area contributed by atoms with Crippen molar-refractivity contribution in [1.82, 2.24) is 9.80 Å². The Morgan fingerprint density at radius 2 is 1.95 bits per heavy atom. The maximum atomic E-state index is 12.5. The number of piperazine rings is 1. The highest BCUT2D eigenvalue weighted by molar-refractivity contribution is 9.10. The minimum atomic E-state index is 0.145. The number of hydrogen-bond donors (Lipinski definition) is 0. The minimum absolute atomic E-state index is 0.145. The maximum absolute atomic E-state index is 12.5. The van der Waals surface area contributed by atoms with Gasteiger partial charge < -0.3 is 4.90 Å². The number of halogens is 1. The Hall–Kier alpha value is -0.870. The SMILES string of the molecule is CCCN1CCN(C(=O)c2cc(C)ccc2Br)CC1. The number of rotatable bonds is 3. The van der Waals surface area contributed by atoms with E-state index >= 15 is 0 Å². The summed E-state index contributed by atoms with van der Waals surface area (Å²) >= 11 is 3.48. The minimum Gasteiger partial charge on any atom is -0.336 e. The van der Waals surface area contributed by atoms with Crippen LogP contribution >= 0.6 is 15.9 Å². The molecule has 0 atom stereocenters. The van der Waals surface area contributed by atoms with E-state index < -0.39 is 0 Å². The molecular formula is C15H21BrN2O. The smallest absolute Gasteiger partial charge is 0.255 e. The molecule has 0 aromatic heterocycles. The summed E-state index contributed by atoms with van der Waals surface area (Å²) in [6, 6.07) is 5.93. The Bertz CT molecular complexity index is 453. The van der Waals surface area contributed by atoms with Crippen LogP contribution in [-0.4, -0.2) is 48.4 Å². The molecule has 104 valence electrons. The Labute approximate surface area is 123 Å². The number of hydrogen-bond acceptors (Lipinski definition) is 2. The number of aryl methyl sites for hydroxylation is 1. The summed E-state index contributed by atoms with van der Waals surface area (Å²) in [6.07, 6.45) is 1.18.